The summed E-state index contributed by atoms with van der Waals surface area (Å²) in [5.74, 6) is 0.880. The molecule has 0 radical (unpaired) electrons. The van der Waals surface area contributed by atoms with Crippen LogP contribution >= 0.6 is 0 Å². The van der Waals surface area contributed by atoms with Crippen molar-refractivity contribution < 1.29 is 9.90 Å². The van der Waals surface area contributed by atoms with E-state index in [0.717, 1.165) is 0 Å². The van der Waals surface area contributed by atoms with Crippen LogP contribution in [0.1, 0.15) is 30.9 Å². The molecule has 3 aromatic heterocycles. The lowest BCUT2D eigenvalue weighted by Crippen LogP contribution is -2.32. The summed E-state index contributed by atoms with van der Waals surface area (Å²) in [4.78, 5) is 26.2. The van der Waals surface area contributed by atoms with E-state index in [9.17, 15) is 4.79 Å². The Morgan fingerprint density at radius 2 is 2.17 bits per heavy atom. The first kappa shape index (κ1) is 18.8. The maximum Gasteiger partial charge on any atom is 0.255 e. The molecular formula is C20H21N7O2. The van der Waals surface area contributed by atoms with Crippen molar-refractivity contribution in [1.29, 1.82) is 0 Å². The topological polar surface area (TPSA) is 118 Å². The Balaban J connectivity index is 1.74. The Labute approximate surface area is 167 Å². The van der Waals surface area contributed by atoms with E-state index in [0.29, 0.717) is 47.3 Å². The minimum Gasteiger partial charge on any atom is -0.396 e. The number of amides is 1. The highest BCUT2D eigenvalue weighted by Crippen LogP contribution is 2.34. The highest BCUT2D eigenvalue weighted by molar-refractivity contribution is 6.05. The molecule has 4 rings (SSSR count). The van der Waals surface area contributed by atoms with Gasteiger partial charge in [0.25, 0.3) is 5.91 Å². The van der Waals surface area contributed by atoms with Crippen molar-refractivity contribution in [2.45, 2.75) is 25.8 Å². The van der Waals surface area contributed by atoms with Crippen molar-refractivity contribution in [3.05, 3.63) is 71.7 Å². The van der Waals surface area contributed by atoms with Gasteiger partial charge in [-0.1, -0.05) is 6.07 Å². The van der Waals surface area contributed by atoms with Crippen molar-refractivity contribution in [1.82, 2.24) is 24.7 Å². The third kappa shape index (κ3) is 3.85. The van der Waals surface area contributed by atoms with Crippen molar-refractivity contribution in [2.24, 2.45) is 0 Å². The van der Waals surface area contributed by atoms with Gasteiger partial charge in [0, 0.05) is 31.1 Å². The van der Waals surface area contributed by atoms with Crippen molar-refractivity contribution in [2.75, 3.05) is 17.2 Å². The first-order chi connectivity index (χ1) is 14.2. The predicted octanol–water partition coefficient (Wildman–Crippen LogP) is 1.92. The molecule has 0 bridgehead atoms. The van der Waals surface area contributed by atoms with E-state index in [1.165, 1.54) is 0 Å². The van der Waals surface area contributed by atoms with Crippen LogP contribution in [-0.4, -0.2) is 42.4 Å². The van der Waals surface area contributed by atoms with Crippen molar-refractivity contribution in [3.8, 4) is 0 Å². The minimum atomic E-state index is -0.528. The van der Waals surface area contributed by atoms with Gasteiger partial charge >= 0.3 is 0 Å². The average Bonchev–Trinajstić information content (AvgIpc) is 3.14. The van der Waals surface area contributed by atoms with Gasteiger partial charge in [-0.05, 0) is 37.6 Å². The zero-order valence-electron chi connectivity index (χ0n) is 15.9. The van der Waals surface area contributed by atoms with Crippen molar-refractivity contribution >= 4 is 17.5 Å². The Morgan fingerprint density at radius 1 is 1.28 bits per heavy atom. The number of aryl methyl sites for hydroxylation is 1. The van der Waals surface area contributed by atoms with E-state index < -0.39 is 6.04 Å². The van der Waals surface area contributed by atoms with Crippen LogP contribution in [0.2, 0.25) is 0 Å². The molecule has 9 nitrogen and oxygen atoms in total. The van der Waals surface area contributed by atoms with Gasteiger partial charge in [-0.25, -0.2) is 4.68 Å². The summed E-state index contributed by atoms with van der Waals surface area (Å²) >= 11 is 0. The number of aliphatic hydroxyl groups excluding tert-OH is 1. The van der Waals surface area contributed by atoms with E-state index in [2.05, 4.69) is 30.7 Å². The van der Waals surface area contributed by atoms with Gasteiger partial charge < -0.3 is 15.7 Å². The summed E-state index contributed by atoms with van der Waals surface area (Å²) in [6.45, 7) is 1.90. The van der Waals surface area contributed by atoms with Gasteiger partial charge in [0.05, 0.1) is 23.2 Å². The zero-order valence-corrected chi connectivity index (χ0v) is 15.9. The molecule has 0 aliphatic carbocycles. The fourth-order valence-corrected chi connectivity index (χ4v) is 3.28. The Hall–Kier alpha value is -3.59. The Kier molecular flexibility index (Phi) is 5.30. The van der Waals surface area contributed by atoms with Gasteiger partial charge in [-0.3, -0.25) is 14.8 Å². The molecule has 0 saturated carbocycles. The van der Waals surface area contributed by atoms with Crippen LogP contribution in [-0.2, 0) is 11.2 Å². The molecule has 0 spiro atoms. The molecule has 0 fully saturated rings. The van der Waals surface area contributed by atoms with Crippen LogP contribution < -0.4 is 10.6 Å². The predicted molar refractivity (Wildman–Crippen MR) is 107 cm³/mol. The quantitative estimate of drug-likeness (QED) is 0.587. The molecule has 3 aromatic rings. The smallest absolute Gasteiger partial charge is 0.255 e. The molecule has 1 unspecified atom stereocenters. The summed E-state index contributed by atoms with van der Waals surface area (Å²) in [5.41, 5.74) is 2.46. The number of nitrogens with zero attached hydrogens (tertiary/aromatic N) is 5. The lowest BCUT2D eigenvalue weighted by atomic mass is 9.98. The molecule has 1 amide bonds. The molecule has 9 heteroatoms. The van der Waals surface area contributed by atoms with Gasteiger partial charge in [0.15, 0.2) is 5.82 Å². The van der Waals surface area contributed by atoms with Crippen LogP contribution in [0.4, 0.5) is 11.6 Å². The number of nitrogens with one attached hydrogen (secondary N) is 2. The highest BCUT2D eigenvalue weighted by Gasteiger charge is 2.35. The van der Waals surface area contributed by atoms with Gasteiger partial charge in [-0.15, -0.1) is 0 Å². The van der Waals surface area contributed by atoms with Crippen LogP contribution in [0.25, 0.3) is 0 Å². The maximum absolute atomic E-state index is 13.2. The normalized spacial score (nSPS) is 15.6. The Morgan fingerprint density at radius 3 is 2.90 bits per heavy atom. The summed E-state index contributed by atoms with van der Waals surface area (Å²) in [5, 5.41) is 19.8. The average molecular weight is 391 g/mol. The first-order valence-corrected chi connectivity index (χ1v) is 9.33. The van der Waals surface area contributed by atoms with Crippen LogP contribution in [0.15, 0.2) is 60.2 Å². The molecule has 1 atom stereocenters. The van der Waals surface area contributed by atoms with Crippen LogP contribution in [0.3, 0.4) is 0 Å². The largest absolute Gasteiger partial charge is 0.396 e. The number of aliphatic hydroxyl groups is 1. The number of carbonyl (C=O) groups excluding carboxylic acids is 1. The molecular weight excluding hydrogens is 370 g/mol. The number of fused-ring (bicyclic) bond motifs is 1. The number of pyridine rings is 2. The van der Waals surface area contributed by atoms with E-state index >= 15 is 0 Å². The minimum absolute atomic E-state index is 0.0665. The number of rotatable bonds is 6. The number of hydrogen-bond acceptors (Lipinski definition) is 7. The van der Waals surface area contributed by atoms with Crippen LogP contribution in [0, 0.1) is 0 Å². The highest BCUT2D eigenvalue weighted by atomic mass is 16.3. The van der Waals surface area contributed by atoms with E-state index in [-0.39, 0.29) is 12.5 Å². The molecule has 3 N–H and O–H groups in total. The zero-order chi connectivity index (χ0) is 20.2. The standard InChI is InChI=1S/C20H21N7O2/c1-13-17(19(29)24-14-6-4-9-21-12-14)18(15-7-2-3-10-22-15)27-20(23-13)25-16(26-27)8-5-11-28/h2-4,6-7,9-10,12,18,28H,5,8,11H2,1H3,(H,24,29)(H,23,25,26). The monoisotopic (exact) mass is 391 g/mol. The molecule has 4 heterocycles. The number of anilines is 2. The lowest BCUT2D eigenvalue weighted by Gasteiger charge is -2.28. The second kappa shape index (κ2) is 8.19. The van der Waals surface area contributed by atoms with E-state index in [4.69, 9.17) is 5.11 Å². The molecule has 0 saturated heterocycles. The fourth-order valence-electron chi connectivity index (χ4n) is 3.28. The van der Waals surface area contributed by atoms with Crippen molar-refractivity contribution in [3.63, 3.8) is 0 Å². The van der Waals surface area contributed by atoms with Gasteiger partial charge in [0.2, 0.25) is 5.95 Å². The number of aromatic nitrogens is 5. The fraction of sp³-hybridized carbons (Fsp3) is 0.250. The molecule has 0 aromatic carbocycles. The second-order valence-electron chi connectivity index (χ2n) is 6.64. The van der Waals surface area contributed by atoms with Gasteiger partial charge in [-0.2, -0.15) is 10.1 Å². The number of hydrogen-bond donors (Lipinski definition) is 3. The van der Waals surface area contributed by atoms with Gasteiger partial charge in [0.1, 0.15) is 6.04 Å². The van der Waals surface area contributed by atoms with E-state index in [1.54, 1.807) is 35.4 Å². The molecule has 29 heavy (non-hydrogen) atoms. The third-order valence-corrected chi connectivity index (χ3v) is 4.59. The van der Waals surface area contributed by atoms with E-state index in [1.807, 2.05) is 25.1 Å². The number of carbonyl (C=O) groups is 1. The first-order valence-electron chi connectivity index (χ1n) is 9.33. The molecule has 1 aliphatic heterocycles. The lowest BCUT2D eigenvalue weighted by molar-refractivity contribution is -0.113. The molecule has 148 valence electrons. The SMILES string of the molecule is CC1=C(C(=O)Nc2cccnc2)C(c2ccccn2)n2nc(CCCO)nc2N1. The maximum atomic E-state index is 13.2. The summed E-state index contributed by atoms with van der Waals surface area (Å²) in [6, 6.07) is 8.57. The van der Waals surface area contributed by atoms with Crippen LogP contribution in [0.5, 0.6) is 0 Å². The third-order valence-electron chi connectivity index (χ3n) is 4.59. The Bertz CT molecular complexity index is 1030. The number of allylic oxidation sites excluding steroid dienone is 1. The second-order valence-corrected chi connectivity index (χ2v) is 6.64. The summed E-state index contributed by atoms with van der Waals surface area (Å²) in [7, 11) is 0. The summed E-state index contributed by atoms with van der Waals surface area (Å²) in [6.07, 6.45) is 6.04. The molecule has 1 aliphatic rings. The summed E-state index contributed by atoms with van der Waals surface area (Å²) < 4.78 is 1.68.